The summed E-state index contributed by atoms with van der Waals surface area (Å²) >= 11 is 6.36. The van der Waals surface area contributed by atoms with Crippen molar-refractivity contribution < 1.29 is 24.2 Å². The van der Waals surface area contributed by atoms with Crippen LogP contribution in [0.2, 0.25) is 5.02 Å². The highest BCUT2D eigenvalue weighted by molar-refractivity contribution is 6.32. The van der Waals surface area contributed by atoms with Gasteiger partial charge in [-0.25, -0.2) is 0 Å². The lowest BCUT2D eigenvalue weighted by Gasteiger charge is -2.24. The third-order valence-electron chi connectivity index (χ3n) is 6.16. The van der Waals surface area contributed by atoms with Crippen molar-refractivity contribution in [2.45, 2.75) is 44.9 Å². The van der Waals surface area contributed by atoms with Gasteiger partial charge in [-0.05, 0) is 67.1 Å². The predicted molar refractivity (Wildman–Crippen MR) is 132 cm³/mol. The number of fused-ring (bicyclic) bond motifs is 1. The molecule has 3 aromatic carbocycles. The number of halogens is 1. The third-order valence-corrected chi connectivity index (χ3v) is 6.45. The smallest absolute Gasteiger partial charge is 0.311 e. The normalized spacial score (nSPS) is 14.7. The summed E-state index contributed by atoms with van der Waals surface area (Å²) in [7, 11) is 0. The quantitative estimate of drug-likeness (QED) is 0.340. The standard InChI is InChI=1S/C28H27ClO5/c1-2-18-6-3-4-7-19(18)8-5-9-25(30)20-10-12-21(13-11-20)34-27-17-26-23(16-24(27)29)22(28(31)32)14-15-33-26/h3-4,6-7,10-13,16-17,22H,2,5,8-9,14-15H2,1H3,(H,31,32). The van der Waals surface area contributed by atoms with E-state index < -0.39 is 11.9 Å². The third kappa shape index (κ3) is 5.42. The van der Waals surface area contributed by atoms with E-state index in [0.29, 0.717) is 52.8 Å². The van der Waals surface area contributed by atoms with Crippen LogP contribution in [0.15, 0.2) is 60.7 Å². The largest absolute Gasteiger partial charge is 0.493 e. The Balaban J connectivity index is 1.38. The molecule has 3 aromatic rings. The van der Waals surface area contributed by atoms with Crippen LogP contribution >= 0.6 is 11.6 Å². The minimum absolute atomic E-state index is 0.0976. The van der Waals surface area contributed by atoms with E-state index in [0.717, 1.165) is 19.3 Å². The summed E-state index contributed by atoms with van der Waals surface area (Å²) in [6, 6.07) is 18.6. The highest BCUT2D eigenvalue weighted by atomic mass is 35.5. The Bertz CT molecular complexity index is 1190. The molecule has 0 aliphatic carbocycles. The van der Waals surface area contributed by atoms with Crippen LogP contribution < -0.4 is 9.47 Å². The van der Waals surface area contributed by atoms with Crippen LogP contribution in [0.3, 0.4) is 0 Å². The van der Waals surface area contributed by atoms with Crippen molar-refractivity contribution in [2.75, 3.05) is 6.61 Å². The van der Waals surface area contributed by atoms with Gasteiger partial charge in [-0.3, -0.25) is 9.59 Å². The van der Waals surface area contributed by atoms with Gasteiger partial charge in [0, 0.05) is 23.6 Å². The molecule has 176 valence electrons. The minimum atomic E-state index is -0.899. The average Bonchev–Trinajstić information content (AvgIpc) is 2.84. The molecule has 6 heteroatoms. The lowest BCUT2D eigenvalue weighted by atomic mass is 9.93. The molecule has 4 rings (SSSR count). The maximum Gasteiger partial charge on any atom is 0.311 e. The van der Waals surface area contributed by atoms with Gasteiger partial charge in [-0.1, -0.05) is 42.8 Å². The van der Waals surface area contributed by atoms with Crippen molar-refractivity contribution in [3.63, 3.8) is 0 Å². The Morgan fingerprint density at radius 1 is 1.09 bits per heavy atom. The molecule has 0 amide bonds. The number of carbonyl (C=O) groups is 2. The first-order valence-corrected chi connectivity index (χ1v) is 11.9. The number of carbonyl (C=O) groups excluding carboxylic acids is 1. The number of aliphatic carboxylic acids is 1. The number of ether oxygens (including phenoxy) is 2. The van der Waals surface area contributed by atoms with E-state index in [1.807, 2.05) is 12.1 Å². The van der Waals surface area contributed by atoms with Gasteiger partial charge < -0.3 is 14.6 Å². The fourth-order valence-electron chi connectivity index (χ4n) is 4.29. The Kier molecular flexibility index (Phi) is 7.53. The minimum Gasteiger partial charge on any atom is -0.493 e. The van der Waals surface area contributed by atoms with Gasteiger partial charge in [-0.15, -0.1) is 0 Å². The van der Waals surface area contributed by atoms with Crippen LogP contribution in [0.1, 0.15) is 59.2 Å². The predicted octanol–water partition coefficient (Wildman–Crippen LogP) is 6.85. The molecule has 34 heavy (non-hydrogen) atoms. The number of rotatable bonds is 9. The zero-order valence-electron chi connectivity index (χ0n) is 19.1. The monoisotopic (exact) mass is 478 g/mol. The van der Waals surface area contributed by atoms with E-state index in [1.54, 1.807) is 36.4 Å². The van der Waals surface area contributed by atoms with Crippen molar-refractivity contribution in [1.82, 2.24) is 0 Å². The molecule has 1 atom stereocenters. The number of aryl methyl sites for hydroxylation is 2. The molecule has 0 saturated carbocycles. The fraction of sp³-hybridized carbons (Fsp3) is 0.286. The summed E-state index contributed by atoms with van der Waals surface area (Å²) in [5.74, 6) is -0.0731. The zero-order chi connectivity index (χ0) is 24.1. The molecule has 1 N–H and O–H groups in total. The average molecular weight is 479 g/mol. The first-order valence-electron chi connectivity index (χ1n) is 11.5. The van der Waals surface area contributed by atoms with Gasteiger partial charge in [0.15, 0.2) is 5.78 Å². The van der Waals surface area contributed by atoms with Gasteiger partial charge in [0.2, 0.25) is 0 Å². The summed E-state index contributed by atoms with van der Waals surface area (Å²) in [5.41, 5.74) is 3.84. The fourth-order valence-corrected chi connectivity index (χ4v) is 4.50. The number of Topliss-reactive ketones (excluding diaryl/α,β-unsaturated/α-hetero) is 1. The van der Waals surface area contributed by atoms with Gasteiger partial charge in [-0.2, -0.15) is 0 Å². The van der Waals surface area contributed by atoms with Gasteiger partial charge in [0.1, 0.15) is 17.2 Å². The maximum absolute atomic E-state index is 12.6. The summed E-state index contributed by atoms with van der Waals surface area (Å²) in [6.45, 7) is 2.47. The maximum atomic E-state index is 12.6. The van der Waals surface area contributed by atoms with Crippen molar-refractivity contribution in [3.05, 3.63) is 87.9 Å². The van der Waals surface area contributed by atoms with Crippen molar-refractivity contribution in [2.24, 2.45) is 0 Å². The Morgan fingerprint density at radius 3 is 2.53 bits per heavy atom. The zero-order valence-corrected chi connectivity index (χ0v) is 19.8. The molecule has 0 aromatic heterocycles. The Hall–Kier alpha value is -3.31. The Morgan fingerprint density at radius 2 is 1.82 bits per heavy atom. The molecule has 0 radical (unpaired) electrons. The van der Waals surface area contributed by atoms with E-state index in [-0.39, 0.29) is 5.78 Å². The number of ketones is 1. The summed E-state index contributed by atoms with van der Waals surface area (Å²) in [6.07, 6.45) is 3.57. The topological polar surface area (TPSA) is 72.8 Å². The van der Waals surface area contributed by atoms with Crippen LogP contribution in [0.4, 0.5) is 0 Å². The number of carboxylic acid groups (broad SMARTS) is 1. The van der Waals surface area contributed by atoms with Crippen molar-refractivity contribution in [1.29, 1.82) is 0 Å². The van der Waals surface area contributed by atoms with E-state index >= 15 is 0 Å². The SMILES string of the molecule is CCc1ccccc1CCCC(=O)c1ccc(Oc2cc3c(cc2Cl)C(C(=O)O)CCO3)cc1. The summed E-state index contributed by atoms with van der Waals surface area (Å²) < 4.78 is 11.5. The van der Waals surface area contributed by atoms with E-state index in [1.165, 1.54) is 11.1 Å². The molecular formula is C28H27ClO5. The van der Waals surface area contributed by atoms with Gasteiger partial charge >= 0.3 is 5.97 Å². The van der Waals surface area contributed by atoms with Crippen LogP contribution in [-0.4, -0.2) is 23.5 Å². The first kappa shape index (κ1) is 23.8. The Labute approximate surface area is 204 Å². The molecule has 1 aliphatic rings. The lowest BCUT2D eigenvalue weighted by Crippen LogP contribution is -2.20. The number of hydrogen-bond donors (Lipinski definition) is 1. The number of benzene rings is 3. The molecule has 0 saturated heterocycles. The van der Waals surface area contributed by atoms with Gasteiger partial charge in [0.25, 0.3) is 0 Å². The van der Waals surface area contributed by atoms with Gasteiger partial charge in [0.05, 0.1) is 17.5 Å². The molecule has 1 aliphatic heterocycles. The molecule has 0 spiro atoms. The van der Waals surface area contributed by atoms with E-state index in [4.69, 9.17) is 21.1 Å². The number of carboxylic acids is 1. The van der Waals surface area contributed by atoms with E-state index in [9.17, 15) is 14.7 Å². The lowest BCUT2D eigenvalue weighted by molar-refractivity contribution is -0.139. The molecule has 5 nitrogen and oxygen atoms in total. The second-order valence-electron chi connectivity index (χ2n) is 8.37. The first-order chi connectivity index (χ1) is 16.5. The van der Waals surface area contributed by atoms with Crippen LogP contribution in [0.5, 0.6) is 17.2 Å². The molecular weight excluding hydrogens is 452 g/mol. The molecule has 1 unspecified atom stereocenters. The van der Waals surface area contributed by atoms with Crippen molar-refractivity contribution >= 4 is 23.4 Å². The highest BCUT2D eigenvalue weighted by Gasteiger charge is 2.29. The van der Waals surface area contributed by atoms with Crippen LogP contribution in [0, 0.1) is 0 Å². The second-order valence-corrected chi connectivity index (χ2v) is 8.78. The second kappa shape index (κ2) is 10.7. The molecule has 0 fully saturated rings. The van der Waals surface area contributed by atoms with E-state index in [2.05, 4.69) is 19.1 Å². The van der Waals surface area contributed by atoms with Crippen molar-refractivity contribution in [3.8, 4) is 17.2 Å². The summed E-state index contributed by atoms with van der Waals surface area (Å²) in [5, 5.41) is 9.74. The number of hydrogen-bond acceptors (Lipinski definition) is 4. The summed E-state index contributed by atoms with van der Waals surface area (Å²) in [4.78, 5) is 24.1. The highest BCUT2D eigenvalue weighted by Crippen LogP contribution is 2.41. The molecule has 0 bridgehead atoms. The van der Waals surface area contributed by atoms with Crippen LogP contribution in [0.25, 0.3) is 0 Å². The van der Waals surface area contributed by atoms with Crippen LogP contribution in [-0.2, 0) is 17.6 Å². The molecule has 1 heterocycles.